The summed E-state index contributed by atoms with van der Waals surface area (Å²) in [5.41, 5.74) is 3.64. The smallest absolute Gasteiger partial charge is 0.255 e. The number of amides is 2. The van der Waals surface area contributed by atoms with Crippen molar-refractivity contribution in [1.82, 2.24) is 0 Å². The van der Waals surface area contributed by atoms with Gasteiger partial charge in [0, 0.05) is 33.2 Å². The standard InChI is InChI=1S/C27H22N2O2S/c30-26(21-13-11-20(12-14-21)19-32-25-9-5-2-6-10-25)29-24-17-15-22(16-18-24)27(31)28-23-7-3-1-4-8-23/h1-18H,19H2,(H,28,31)(H,29,30). The van der Waals surface area contributed by atoms with E-state index < -0.39 is 0 Å². The van der Waals surface area contributed by atoms with Gasteiger partial charge in [-0.05, 0) is 66.2 Å². The Hall–Kier alpha value is -3.83. The SMILES string of the molecule is O=C(Nc1ccc(C(=O)Nc2ccccc2)cc1)c1ccc(CSc2ccccc2)cc1. The van der Waals surface area contributed by atoms with Crippen LogP contribution in [0.25, 0.3) is 0 Å². The van der Waals surface area contributed by atoms with Crippen LogP contribution in [-0.4, -0.2) is 11.8 Å². The van der Waals surface area contributed by atoms with Gasteiger partial charge in [0.2, 0.25) is 0 Å². The minimum Gasteiger partial charge on any atom is -0.322 e. The van der Waals surface area contributed by atoms with Crippen LogP contribution < -0.4 is 10.6 Å². The van der Waals surface area contributed by atoms with Crippen molar-refractivity contribution in [2.45, 2.75) is 10.6 Å². The molecule has 0 bridgehead atoms. The fraction of sp³-hybridized carbons (Fsp3) is 0.0370. The third-order valence-corrected chi connectivity index (χ3v) is 5.88. The van der Waals surface area contributed by atoms with E-state index in [0.717, 1.165) is 17.0 Å². The minimum absolute atomic E-state index is 0.186. The topological polar surface area (TPSA) is 58.2 Å². The maximum Gasteiger partial charge on any atom is 0.255 e. The van der Waals surface area contributed by atoms with E-state index in [1.807, 2.05) is 72.8 Å². The largest absolute Gasteiger partial charge is 0.322 e. The summed E-state index contributed by atoms with van der Waals surface area (Å²) in [4.78, 5) is 26.1. The van der Waals surface area contributed by atoms with E-state index in [0.29, 0.717) is 16.8 Å². The molecular formula is C27H22N2O2S. The lowest BCUT2D eigenvalue weighted by Gasteiger charge is -2.08. The molecule has 0 atom stereocenters. The highest BCUT2D eigenvalue weighted by molar-refractivity contribution is 7.98. The molecule has 4 rings (SSSR count). The average molecular weight is 439 g/mol. The van der Waals surface area contributed by atoms with Crippen LogP contribution in [0.5, 0.6) is 0 Å². The monoisotopic (exact) mass is 438 g/mol. The van der Waals surface area contributed by atoms with E-state index in [4.69, 9.17) is 0 Å². The second-order valence-corrected chi connectivity index (χ2v) is 8.20. The van der Waals surface area contributed by atoms with Crippen molar-refractivity contribution < 1.29 is 9.59 Å². The highest BCUT2D eigenvalue weighted by atomic mass is 32.2. The summed E-state index contributed by atoms with van der Waals surface area (Å²) in [5, 5.41) is 5.72. The number of carbonyl (C=O) groups excluding carboxylic acids is 2. The molecule has 0 unspecified atom stereocenters. The highest BCUT2D eigenvalue weighted by Gasteiger charge is 2.09. The molecule has 0 fully saturated rings. The molecule has 0 aliphatic rings. The molecule has 5 heteroatoms. The van der Waals surface area contributed by atoms with Gasteiger partial charge in [-0.25, -0.2) is 0 Å². The lowest BCUT2D eigenvalue weighted by atomic mass is 10.1. The van der Waals surface area contributed by atoms with Gasteiger partial charge in [0.05, 0.1) is 0 Å². The summed E-state index contributed by atoms with van der Waals surface area (Å²) in [6.07, 6.45) is 0. The van der Waals surface area contributed by atoms with Gasteiger partial charge in [0.15, 0.2) is 0 Å². The summed E-state index contributed by atoms with van der Waals surface area (Å²) in [5.74, 6) is 0.463. The quantitative estimate of drug-likeness (QED) is 0.325. The van der Waals surface area contributed by atoms with Crippen LogP contribution in [0.3, 0.4) is 0 Å². The molecule has 4 nitrogen and oxygen atoms in total. The number of nitrogens with one attached hydrogen (secondary N) is 2. The first-order chi connectivity index (χ1) is 15.7. The lowest BCUT2D eigenvalue weighted by Crippen LogP contribution is -2.13. The first-order valence-electron chi connectivity index (χ1n) is 10.2. The third-order valence-electron chi connectivity index (χ3n) is 4.80. The fourth-order valence-corrected chi connectivity index (χ4v) is 3.94. The number of anilines is 2. The number of benzene rings is 4. The molecule has 2 N–H and O–H groups in total. The molecule has 0 spiro atoms. The molecule has 2 amide bonds. The second kappa shape index (κ2) is 10.5. The molecular weight excluding hydrogens is 416 g/mol. The Morgan fingerprint density at radius 3 is 1.59 bits per heavy atom. The Morgan fingerprint density at radius 2 is 1.03 bits per heavy atom. The maximum atomic E-state index is 12.6. The number of hydrogen-bond acceptors (Lipinski definition) is 3. The van der Waals surface area contributed by atoms with Crippen molar-refractivity contribution in [3.63, 3.8) is 0 Å². The molecule has 0 saturated carbocycles. The molecule has 0 radical (unpaired) electrons. The van der Waals surface area contributed by atoms with Crippen LogP contribution in [0.2, 0.25) is 0 Å². The Labute approximate surface area is 191 Å². The van der Waals surface area contributed by atoms with Crippen molar-refractivity contribution in [2.75, 3.05) is 10.6 Å². The molecule has 4 aromatic rings. The van der Waals surface area contributed by atoms with Crippen LogP contribution >= 0.6 is 11.8 Å². The lowest BCUT2D eigenvalue weighted by molar-refractivity contribution is 0.102. The molecule has 4 aromatic carbocycles. The zero-order valence-electron chi connectivity index (χ0n) is 17.3. The first kappa shape index (κ1) is 21.4. The fourth-order valence-electron chi connectivity index (χ4n) is 3.07. The number of carbonyl (C=O) groups is 2. The number of rotatable bonds is 7. The Morgan fingerprint density at radius 1 is 0.562 bits per heavy atom. The second-order valence-electron chi connectivity index (χ2n) is 7.15. The third kappa shape index (κ3) is 5.86. The van der Waals surface area contributed by atoms with Gasteiger partial charge in [0.25, 0.3) is 11.8 Å². The summed E-state index contributed by atoms with van der Waals surface area (Å²) in [7, 11) is 0. The molecule has 0 saturated heterocycles. The predicted molar refractivity (Wildman–Crippen MR) is 131 cm³/mol. The summed E-state index contributed by atoms with van der Waals surface area (Å²) >= 11 is 1.76. The molecule has 0 heterocycles. The van der Waals surface area contributed by atoms with Crippen LogP contribution in [0, 0.1) is 0 Å². The molecule has 0 aromatic heterocycles. The first-order valence-corrected chi connectivity index (χ1v) is 11.2. The minimum atomic E-state index is -0.196. The van der Waals surface area contributed by atoms with Crippen molar-refractivity contribution >= 4 is 35.0 Å². The zero-order chi connectivity index (χ0) is 22.2. The van der Waals surface area contributed by atoms with Crippen molar-refractivity contribution in [3.8, 4) is 0 Å². The molecule has 158 valence electrons. The average Bonchev–Trinajstić information content (AvgIpc) is 2.85. The van der Waals surface area contributed by atoms with Crippen molar-refractivity contribution in [3.05, 3.63) is 126 Å². The van der Waals surface area contributed by atoms with Gasteiger partial charge in [-0.15, -0.1) is 11.8 Å². The molecule has 0 aliphatic carbocycles. The number of hydrogen-bond donors (Lipinski definition) is 2. The van der Waals surface area contributed by atoms with Gasteiger partial charge in [0.1, 0.15) is 0 Å². The van der Waals surface area contributed by atoms with Crippen molar-refractivity contribution in [1.29, 1.82) is 0 Å². The summed E-state index contributed by atoms with van der Waals surface area (Å²) < 4.78 is 0. The molecule has 32 heavy (non-hydrogen) atoms. The van der Waals surface area contributed by atoms with Gasteiger partial charge >= 0.3 is 0 Å². The van der Waals surface area contributed by atoms with E-state index in [9.17, 15) is 9.59 Å². The van der Waals surface area contributed by atoms with Gasteiger partial charge in [-0.3, -0.25) is 9.59 Å². The van der Waals surface area contributed by atoms with Crippen molar-refractivity contribution in [2.24, 2.45) is 0 Å². The van der Waals surface area contributed by atoms with Gasteiger partial charge in [-0.1, -0.05) is 48.5 Å². The molecule has 0 aliphatic heterocycles. The summed E-state index contributed by atoms with van der Waals surface area (Å²) in [6.45, 7) is 0. The number of para-hydroxylation sites is 1. The van der Waals surface area contributed by atoms with E-state index >= 15 is 0 Å². The van der Waals surface area contributed by atoms with Gasteiger partial charge in [-0.2, -0.15) is 0 Å². The number of thioether (sulfide) groups is 1. The van der Waals surface area contributed by atoms with Crippen LogP contribution in [-0.2, 0) is 5.75 Å². The summed E-state index contributed by atoms with van der Waals surface area (Å²) in [6, 6.07) is 34.0. The Kier molecular flexibility index (Phi) is 7.00. The van der Waals surface area contributed by atoms with Crippen LogP contribution in [0.15, 0.2) is 114 Å². The predicted octanol–water partition coefficient (Wildman–Crippen LogP) is 6.48. The highest BCUT2D eigenvalue weighted by Crippen LogP contribution is 2.22. The Balaban J connectivity index is 1.31. The van der Waals surface area contributed by atoms with Gasteiger partial charge < -0.3 is 10.6 Å². The maximum absolute atomic E-state index is 12.6. The van der Waals surface area contributed by atoms with Crippen LogP contribution in [0.4, 0.5) is 11.4 Å². The normalized spacial score (nSPS) is 10.4. The van der Waals surface area contributed by atoms with E-state index in [1.54, 1.807) is 36.0 Å². The van der Waals surface area contributed by atoms with E-state index in [1.165, 1.54) is 4.90 Å². The Bertz CT molecular complexity index is 1180. The van der Waals surface area contributed by atoms with E-state index in [2.05, 4.69) is 22.8 Å². The van der Waals surface area contributed by atoms with E-state index in [-0.39, 0.29) is 11.8 Å². The van der Waals surface area contributed by atoms with Crippen LogP contribution in [0.1, 0.15) is 26.3 Å². The zero-order valence-corrected chi connectivity index (χ0v) is 18.1.